The highest BCUT2D eigenvalue weighted by molar-refractivity contribution is 6.01. The lowest BCUT2D eigenvalue weighted by atomic mass is 10.3. The van der Waals surface area contributed by atoms with Gasteiger partial charge in [-0.1, -0.05) is 0 Å². The SMILES string of the molecule is CN(C)C(=O)C(O)C(N)=O. The summed E-state index contributed by atoms with van der Waals surface area (Å²) in [6, 6.07) is 0. The number of likely N-dealkylation sites (N-methyl/N-ethyl adjacent to an activating group) is 1. The number of aliphatic hydroxyl groups excluding tert-OH is 1. The molecule has 0 fully saturated rings. The Bertz CT molecular complexity index is 155. The van der Waals surface area contributed by atoms with Crippen LogP contribution >= 0.6 is 0 Å². The summed E-state index contributed by atoms with van der Waals surface area (Å²) in [7, 11) is 2.85. The monoisotopic (exact) mass is 146 g/mol. The fourth-order valence-electron chi connectivity index (χ4n) is 0.366. The van der Waals surface area contributed by atoms with Crippen molar-refractivity contribution in [3.63, 3.8) is 0 Å². The minimum atomic E-state index is -1.71. The van der Waals surface area contributed by atoms with Crippen LogP contribution in [0.15, 0.2) is 0 Å². The fraction of sp³-hybridized carbons (Fsp3) is 0.600. The number of hydrogen-bond donors (Lipinski definition) is 2. The third kappa shape index (κ3) is 2.02. The molecule has 0 radical (unpaired) electrons. The maximum atomic E-state index is 10.7. The number of hydrogen-bond acceptors (Lipinski definition) is 3. The van der Waals surface area contributed by atoms with Crippen molar-refractivity contribution >= 4 is 11.8 Å². The van der Waals surface area contributed by atoms with Gasteiger partial charge in [0.05, 0.1) is 0 Å². The molecule has 0 saturated carbocycles. The zero-order valence-corrected chi connectivity index (χ0v) is 5.87. The van der Waals surface area contributed by atoms with Gasteiger partial charge in [-0.05, 0) is 0 Å². The predicted octanol–water partition coefficient (Wildman–Crippen LogP) is -2.08. The molecule has 58 valence electrons. The molecule has 0 saturated heterocycles. The molecule has 0 aromatic rings. The highest BCUT2D eigenvalue weighted by Crippen LogP contribution is 1.86. The van der Waals surface area contributed by atoms with Crippen LogP contribution in [-0.4, -0.2) is 42.0 Å². The second-order valence-corrected chi connectivity index (χ2v) is 2.04. The van der Waals surface area contributed by atoms with E-state index in [4.69, 9.17) is 5.11 Å². The van der Waals surface area contributed by atoms with Gasteiger partial charge in [0, 0.05) is 14.1 Å². The van der Waals surface area contributed by atoms with Crippen molar-refractivity contribution in [2.24, 2.45) is 5.73 Å². The first-order chi connectivity index (χ1) is 4.46. The minimum absolute atomic E-state index is 0.701. The summed E-state index contributed by atoms with van der Waals surface area (Å²) in [5.74, 6) is -1.73. The summed E-state index contributed by atoms with van der Waals surface area (Å²) in [4.78, 5) is 21.9. The molecule has 0 heterocycles. The van der Waals surface area contributed by atoms with Crippen molar-refractivity contribution in [2.45, 2.75) is 6.10 Å². The zero-order chi connectivity index (χ0) is 8.31. The number of carbonyl (C=O) groups excluding carboxylic acids is 2. The van der Waals surface area contributed by atoms with Crippen LogP contribution in [0.1, 0.15) is 0 Å². The number of nitrogens with two attached hydrogens (primary N) is 1. The van der Waals surface area contributed by atoms with Gasteiger partial charge in [-0.15, -0.1) is 0 Å². The topological polar surface area (TPSA) is 83.6 Å². The second kappa shape index (κ2) is 3.17. The average molecular weight is 146 g/mol. The van der Waals surface area contributed by atoms with Crippen LogP contribution in [0, 0.1) is 0 Å². The van der Waals surface area contributed by atoms with Crippen LogP contribution < -0.4 is 5.73 Å². The highest BCUT2D eigenvalue weighted by atomic mass is 16.3. The molecule has 0 aliphatic carbocycles. The molecule has 1 unspecified atom stereocenters. The van der Waals surface area contributed by atoms with E-state index in [-0.39, 0.29) is 0 Å². The quantitative estimate of drug-likeness (QED) is 0.438. The van der Waals surface area contributed by atoms with Gasteiger partial charge in [-0.2, -0.15) is 0 Å². The van der Waals surface area contributed by atoms with Gasteiger partial charge in [-0.3, -0.25) is 9.59 Å². The Labute approximate surface area is 58.4 Å². The number of primary amides is 1. The standard InChI is InChI=1S/C5H10N2O3/c1-7(2)5(10)3(8)4(6)9/h3,8H,1-2H3,(H2,6,9). The van der Waals surface area contributed by atoms with Gasteiger partial charge in [0.2, 0.25) is 6.10 Å². The van der Waals surface area contributed by atoms with E-state index >= 15 is 0 Å². The number of amides is 2. The van der Waals surface area contributed by atoms with E-state index in [0.29, 0.717) is 0 Å². The molecule has 0 aromatic heterocycles. The third-order valence-electron chi connectivity index (χ3n) is 0.944. The first-order valence-corrected chi connectivity index (χ1v) is 2.65. The Morgan fingerprint density at radius 1 is 1.50 bits per heavy atom. The van der Waals surface area contributed by atoms with Gasteiger partial charge in [0.15, 0.2) is 0 Å². The lowest BCUT2D eigenvalue weighted by Gasteiger charge is -2.12. The molecule has 0 aliphatic heterocycles. The van der Waals surface area contributed by atoms with Gasteiger partial charge in [-0.25, -0.2) is 0 Å². The van der Waals surface area contributed by atoms with Crippen molar-refractivity contribution in [3.05, 3.63) is 0 Å². The van der Waals surface area contributed by atoms with E-state index in [1.54, 1.807) is 0 Å². The Balaban J connectivity index is 4.08. The first kappa shape index (κ1) is 8.90. The highest BCUT2D eigenvalue weighted by Gasteiger charge is 2.21. The maximum Gasteiger partial charge on any atom is 0.260 e. The van der Waals surface area contributed by atoms with Crippen LogP contribution in [0.25, 0.3) is 0 Å². The smallest absolute Gasteiger partial charge is 0.260 e. The second-order valence-electron chi connectivity index (χ2n) is 2.04. The van der Waals surface area contributed by atoms with Gasteiger partial charge in [0.1, 0.15) is 0 Å². The molecule has 0 aromatic carbocycles. The molecule has 0 aliphatic rings. The number of aliphatic hydroxyl groups is 1. The van der Waals surface area contributed by atoms with Gasteiger partial charge >= 0.3 is 0 Å². The van der Waals surface area contributed by atoms with Crippen LogP contribution in [0.4, 0.5) is 0 Å². The van der Waals surface area contributed by atoms with E-state index in [0.717, 1.165) is 4.90 Å². The van der Waals surface area contributed by atoms with Gasteiger partial charge in [0.25, 0.3) is 11.8 Å². The first-order valence-electron chi connectivity index (χ1n) is 2.65. The van der Waals surface area contributed by atoms with Crippen molar-refractivity contribution in [1.29, 1.82) is 0 Å². The van der Waals surface area contributed by atoms with Crippen molar-refractivity contribution in [3.8, 4) is 0 Å². The zero-order valence-electron chi connectivity index (χ0n) is 5.87. The van der Waals surface area contributed by atoms with Crippen LogP contribution in [0.3, 0.4) is 0 Å². The Morgan fingerprint density at radius 3 is 2.00 bits per heavy atom. The Hall–Kier alpha value is -1.10. The molecule has 0 spiro atoms. The van der Waals surface area contributed by atoms with Crippen LogP contribution in [-0.2, 0) is 9.59 Å². The molecule has 2 amide bonds. The van der Waals surface area contributed by atoms with Crippen LogP contribution in [0.5, 0.6) is 0 Å². The van der Waals surface area contributed by atoms with E-state index in [2.05, 4.69) is 5.73 Å². The summed E-state index contributed by atoms with van der Waals surface area (Å²) in [6.07, 6.45) is -1.71. The lowest BCUT2D eigenvalue weighted by molar-refractivity contribution is -0.144. The third-order valence-corrected chi connectivity index (χ3v) is 0.944. The van der Waals surface area contributed by atoms with E-state index in [1.807, 2.05) is 0 Å². The largest absolute Gasteiger partial charge is 0.375 e. The van der Waals surface area contributed by atoms with E-state index in [1.165, 1.54) is 14.1 Å². The predicted molar refractivity (Wildman–Crippen MR) is 33.9 cm³/mol. The summed E-state index contributed by atoms with van der Waals surface area (Å²) in [6.45, 7) is 0. The lowest BCUT2D eigenvalue weighted by Crippen LogP contribution is -2.42. The fourth-order valence-corrected chi connectivity index (χ4v) is 0.366. The average Bonchev–Trinajstić information content (AvgIpc) is 1.84. The molecule has 5 nitrogen and oxygen atoms in total. The molecule has 10 heavy (non-hydrogen) atoms. The van der Waals surface area contributed by atoms with E-state index < -0.39 is 17.9 Å². The number of nitrogens with zero attached hydrogens (tertiary/aromatic N) is 1. The van der Waals surface area contributed by atoms with E-state index in [9.17, 15) is 9.59 Å². The Morgan fingerprint density at radius 2 is 1.90 bits per heavy atom. The molecule has 1 atom stereocenters. The number of rotatable bonds is 2. The summed E-state index contributed by atoms with van der Waals surface area (Å²) in [5.41, 5.74) is 4.64. The normalized spacial score (nSPS) is 12.3. The molecule has 0 bridgehead atoms. The van der Waals surface area contributed by atoms with Gasteiger partial charge < -0.3 is 15.7 Å². The Kier molecular flexibility index (Phi) is 2.82. The molecular formula is C5H10N2O3. The summed E-state index contributed by atoms with van der Waals surface area (Å²) in [5, 5.41) is 8.70. The van der Waals surface area contributed by atoms with Crippen molar-refractivity contribution < 1.29 is 14.7 Å². The summed E-state index contributed by atoms with van der Waals surface area (Å²) >= 11 is 0. The van der Waals surface area contributed by atoms with Crippen LogP contribution in [0.2, 0.25) is 0 Å². The molecular weight excluding hydrogens is 136 g/mol. The molecule has 0 rings (SSSR count). The van der Waals surface area contributed by atoms with Crippen molar-refractivity contribution in [1.82, 2.24) is 4.90 Å². The number of carbonyl (C=O) groups is 2. The summed E-state index contributed by atoms with van der Waals surface area (Å²) < 4.78 is 0. The molecule has 3 N–H and O–H groups in total. The molecule has 5 heteroatoms. The maximum absolute atomic E-state index is 10.7. The van der Waals surface area contributed by atoms with Crippen molar-refractivity contribution in [2.75, 3.05) is 14.1 Å². The minimum Gasteiger partial charge on any atom is -0.375 e.